The Morgan fingerprint density at radius 3 is 2.72 bits per heavy atom. The lowest BCUT2D eigenvalue weighted by Crippen LogP contribution is -2.15. The van der Waals surface area contributed by atoms with Crippen LogP contribution in [0.5, 0.6) is 5.88 Å². The van der Waals surface area contributed by atoms with Crippen molar-refractivity contribution >= 4 is 32.7 Å². The predicted octanol–water partition coefficient (Wildman–Crippen LogP) is 5.46. The van der Waals surface area contributed by atoms with E-state index < -0.39 is 26.6 Å². The number of ether oxygens (including phenoxy) is 1. The van der Waals surface area contributed by atoms with Crippen LogP contribution in [-0.2, 0) is 16.4 Å². The first-order valence-electron chi connectivity index (χ1n) is 12.1. The van der Waals surface area contributed by atoms with E-state index in [4.69, 9.17) is 10.5 Å². The summed E-state index contributed by atoms with van der Waals surface area (Å²) in [5.41, 5.74) is 11.9. The van der Waals surface area contributed by atoms with Crippen molar-refractivity contribution in [1.29, 1.82) is 0 Å². The van der Waals surface area contributed by atoms with Crippen LogP contribution >= 0.6 is 0 Å². The normalized spacial score (nSPS) is 16.1. The van der Waals surface area contributed by atoms with Crippen LogP contribution in [0.15, 0.2) is 77.8 Å². The molecule has 39 heavy (non-hydrogen) atoms. The average Bonchev–Trinajstić information content (AvgIpc) is 3.47. The SMILES string of the molecule is COc1ncc(-c2ccc3nc(N)n(C4CCc5ccccc54)c3c2)cc1NS(=O)(=[OH+])c1ccc(F)cc1F. The molecule has 1 aliphatic rings. The smallest absolute Gasteiger partial charge is 0.399 e. The molecule has 0 bridgehead atoms. The number of aromatic nitrogens is 3. The summed E-state index contributed by atoms with van der Waals surface area (Å²) in [6.07, 6.45) is 3.42. The van der Waals surface area contributed by atoms with Crippen molar-refractivity contribution < 1.29 is 21.9 Å². The number of imidazole rings is 1. The number of hydrogen-bond donors (Lipinski definition) is 2. The van der Waals surface area contributed by atoms with Gasteiger partial charge in [-0.05, 0) is 59.9 Å². The molecule has 0 saturated heterocycles. The van der Waals surface area contributed by atoms with Crippen molar-refractivity contribution in [2.45, 2.75) is 23.8 Å². The van der Waals surface area contributed by atoms with Crippen LogP contribution in [0.25, 0.3) is 22.2 Å². The summed E-state index contributed by atoms with van der Waals surface area (Å²) < 4.78 is 61.1. The first-order chi connectivity index (χ1) is 18.7. The molecule has 198 valence electrons. The molecule has 11 heteroatoms. The lowest BCUT2D eigenvalue weighted by molar-refractivity contribution is 0.400. The van der Waals surface area contributed by atoms with Gasteiger partial charge in [-0.3, -0.25) is 0 Å². The van der Waals surface area contributed by atoms with Gasteiger partial charge in [0.1, 0.15) is 11.5 Å². The molecule has 2 heterocycles. The van der Waals surface area contributed by atoms with Crippen molar-refractivity contribution in [3.05, 3.63) is 95.7 Å². The lowest BCUT2D eigenvalue weighted by Gasteiger charge is -2.17. The van der Waals surface area contributed by atoms with Crippen LogP contribution in [-0.4, -0.2) is 30.1 Å². The van der Waals surface area contributed by atoms with Crippen molar-refractivity contribution in [1.82, 2.24) is 14.5 Å². The van der Waals surface area contributed by atoms with Gasteiger partial charge >= 0.3 is 10.0 Å². The fourth-order valence-corrected chi connectivity index (χ4v) is 6.30. The first-order valence-corrected chi connectivity index (χ1v) is 13.7. The zero-order valence-electron chi connectivity index (χ0n) is 20.8. The molecule has 0 radical (unpaired) electrons. The fourth-order valence-electron chi connectivity index (χ4n) is 5.17. The molecule has 1 aliphatic carbocycles. The quantitative estimate of drug-likeness (QED) is 0.273. The zero-order valence-corrected chi connectivity index (χ0v) is 21.6. The van der Waals surface area contributed by atoms with Gasteiger partial charge in [-0.15, -0.1) is 0 Å². The molecular formula is C28H24F2N5O3S+. The van der Waals surface area contributed by atoms with E-state index >= 15 is 0 Å². The summed E-state index contributed by atoms with van der Waals surface area (Å²) in [5, 5.41) is 0. The Balaban J connectivity index is 1.41. The number of benzene rings is 3. The van der Waals surface area contributed by atoms with E-state index in [0.29, 0.717) is 17.6 Å². The predicted molar refractivity (Wildman–Crippen MR) is 145 cm³/mol. The topological polar surface area (TPSA) is 116 Å². The van der Waals surface area contributed by atoms with Gasteiger partial charge in [-0.2, -0.15) is 4.21 Å². The highest BCUT2D eigenvalue weighted by molar-refractivity contribution is 7.92. The first kappa shape index (κ1) is 24.8. The summed E-state index contributed by atoms with van der Waals surface area (Å²) in [4.78, 5) is 8.26. The van der Waals surface area contributed by atoms with Gasteiger partial charge < -0.3 is 15.0 Å². The van der Waals surface area contributed by atoms with Gasteiger partial charge in [0.05, 0.1) is 24.2 Å². The highest BCUT2D eigenvalue weighted by Crippen LogP contribution is 2.39. The molecule has 4 N–H and O–H groups in total. The number of nitrogens with zero attached hydrogens (tertiary/aromatic N) is 3. The number of aryl methyl sites for hydroxylation is 1. The van der Waals surface area contributed by atoms with Crippen LogP contribution in [0.3, 0.4) is 0 Å². The number of nitrogens with two attached hydrogens (primary N) is 1. The summed E-state index contributed by atoms with van der Waals surface area (Å²) in [6, 6.07) is 18.0. The minimum Gasteiger partial charge on any atom is -0.479 e. The van der Waals surface area contributed by atoms with E-state index in [1.54, 1.807) is 12.3 Å². The van der Waals surface area contributed by atoms with E-state index in [2.05, 4.69) is 26.8 Å². The number of hydrogen-bond acceptors (Lipinski definition) is 5. The van der Waals surface area contributed by atoms with Gasteiger partial charge in [0.25, 0.3) is 0 Å². The number of rotatable bonds is 6. The Bertz CT molecular complexity index is 1860. The minimum atomic E-state index is -4.16. The van der Waals surface area contributed by atoms with E-state index in [-0.39, 0.29) is 17.6 Å². The summed E-state index contributed by atoms with van der Waals surface area (Å²) in [5.74, 6) is -1.56. The minimum absolute atomic E-state index is 0.0287. The van der Waals surface area contributed by atoms with Crippen LogP contribution in [0.2, 0.25) is 0 Å². The molecule has 0 saturated carbocycles. The van der Waals surface area contributed by atoms with E-state index in [1.165, 1.54) is 18.2 Å². The van der Waals surface area contributed by atoms with Crippen LogP contribution < -0.4 is 15.2 Å². The summed E-state index contributed by atoms with van der Waals surface area (Å²) in [6.45, 7) is 0. The standard InChI is InChI=1S/C28H23F2N5O3S/c1-38-27-23(34-39(36,37)26-11-8-19(29)14-21(26)30)12-18(15-32-27)17-6-9-22-25(13-17)35(28(31)33-22)24-10-7-16-4-2-3-5-20(16)24/h2-6,8-9,11-15,24H,7,10H2,1H3,(H2,31,33)(H,34,36,37)/p+1. The number of nitrogens with one attached hydrogen (secondary N) is 1. The van der Waals surface area contributed by atoms with Gasteiger partial charge in [0, 0.05) is 17.8 Å². The van der Waals surface area contributed by atoms with E-state index in [0.717, 1.165) is 41.6 Å². The van der Waals surface area contributed by atoms with Crippen molar-refractivity contribution in [2.24, 2.45) is 0 Å². The fraction of sp³-hybridized carbons (Fsp3) is 0.143. The molecule has 2 unspecified atom stereocenters. The van der Waals surface area contributed by atoms with E-state index in [1.807, 2.05) is 34.9 Å². The highest BCUT2D eigenvalue weighted by atomic mass is 32.2. The Kier molecular flexibility index (Phi) is 5.95. The van der Waals surface area contributed by atoms with Crippen LogP contribution in [0.1, 0.15) is 23.6 Å². The molecule has 3 aromatic carbocycles. The maximum Gasteiger partial charge on any atom is 0.399 e. The molecule has 0 fully saturated rings. The molecule has 2 aromatic heterocycles. The number of nitrogen functional groups attached to an aromatic ring is 1. The largest absolute Gasteiger partial charge is 0.479 e. The summed E-state index contributed by atoms with van der Waals surface area (Å²) >= 11 is 0. The Morgan fingerprint density at radius 1 is 1.10 bits per heavy atom. The van der Waals surface area contributed by atoms with Crippen molar-refractivity contribution in [3.63, 3.8) is 0 Å². The average molecular weight is 549 g/mol. The second-order valence-electron chi connectivity index (χ2n) is 9.28. The number of halogens is 2. The lowest BCUT2D eigenvalue weighted by atomic mass is 10.1. The number of fused-ring (bicyclic) bond motifs is 2. The molecule has 6 rings (SSSR count). The van der Waals surface area contributed by atoms with Gasteiger partial charge in [-0.25, -0.2) is 27.7 Å². The second-order valence-corrected chi connectivity index (χ2v) is 11.0. The third-order valence-electron chi connectivity index (χ3n) is 6.95. The monoisotopic (exact) mass is 548 g/mol. The maximum atomic E-state index is 14.3. The molecular weight excluding hydrogens is 524 g/mol. The number of methoxy groups -OCH3 is 1. The number of pyridine rings is 1. The Hall–Kier alpha value is -4.51. The molecule has 2 atom stereocenters. The van der Waals surface area contributed by atoms with Gasteiger partial charge in [-0.1, -0.05) is 30.3 Å². The molecule has 0 aliphatic heterocycles. The highest BCUT2D eigenvalue weighted by Gasteiger charge is 2.28. The molecule has 0 spiro atoms. The molecule has 8 nitrogen and oxygen atoms in total. The molecule has 0 amide bonds. The Labute approximate surface area is 223 Å². The second kappa shape index (κ2) is 9.35. The van der Waals surface area contributed by atoms with Crippen molar-refractivity contribution in [3.8, 4) is 17.0 Å². The van der Waals surface area contributed by atoms with E-state index in [9.17, 15) is 17.2 Å². The Morgan fingerprint density at radius 2 is 1.92 bits per heavy atom. The van der Waals surface area contributed by atoms with Crippen LogP contribution in [0.4, 0.5) is 20.4 Å². The van der Waals surface area contributed by atoms with Gasteiger partial charge in [0.2, 0.25) is 11.8 Å². The summed E-state index contributed by atoms with van der Waals surface area (Å²) in [7, 11) is -2.80. The maximum absolute atomic E-state index is 14.3. The number of anilines is 2. The third-order valence-corrected chi connectivity index (χ3v) is 8.37. The van der Waals surface area contributed by atoms with Crippen molar-refractivity contribution in [2.75, 3.05) is 17.6 Å². The zero-order chi connectivity index (χ0) is 27.3. The van der Waals surface area contributed by atoms with Gasteiger partial charge in [0.15, 0.2) is 10.7 Å². The third kappa shape index (κ3) is 4.34. The van der Waals surface area contributed by atoms with Crippen LogP contribution in [0, 0.1) is 11.6 Å². The molecule has 5 aromatic rings.